The van der Waals surface area contributed by atoms with Gasteiger partial charge in [0.25, 0.3) is 0 Å². The Bertz CT molecular complexity index is 447. The third-order valence-corrected chi connectivity index (χ3v) is 4.52. The standard InChI is InChI=1S/C18H29FN2/c1-4-11-20-15(3)18-16(19)8-5-9-17(18)21-12-6-7-14(2)10-13-21/h5,8-9,14-15,20H,4,6-7,10-13H2,1-3H3. The molecular formula is C18H29FN2. The van der Waals surface area contributed by atoms with Crippen molar-refractivity contribution in [1.82, 2.24) is 5.32 Å². The minimum absolute atomic E-state index is 0.0572. The van der Waals surface area contributed by atoms with E-state index in [1.54, 1.807) is 6.07 Å². The van der Waals surface area contributed by atoms with Crippen LogP contribution >= 0.6 is 0 Å². The minimum Gasteiger partial charge on any atom is -0.371 e. The number of anilines is 1. The van der Waals surface area contributed by atoms with Gasteiger partial charge >= 0.3 is 0 Å². The van der Waals surface area contributed by atoms with E-state index in [-0.39, 0.29) is 11.9 Å². The van der Waals surface area contributed by atoms with Crippen LogP contribution in [0.15, 0.2) is 18.2 Å². The van der Waals surface area contributed by atoms with Gasteiger partial charge < -0.3 is 10.2 Å². The third-order valence-electron chi connectivity index (χ3n) is 4.52. The maximum absolute atomic E-state index is 14.4. The number of hydrogen-bond donors (Lipinski definition) is 1. The quantitative estimate of drug-likeness (QED) is 0.859. The van der Waals surface area contributed by atoms with Crippen molar-refractivity contribution in [3.05, 3.63) is 29.6 Å². The fourth-order valence-corrected chi connectivity index (χ4v) is 3.20. The van der Waals surface area contributed by atoms with Gasteiger partial charge in [-0.15, -0.1) is 0 Å². The van der Waals surface area contributed by atoms with Gasteiger partial charge in [0.05, 0.1) is 0 Å². The molecule has 0 radical (unpaired) electrons. The Morgan fingerprint density at radius 2 is 2.14 bits per heavy atom. The Morgan fingerprint density at radius 1 is 1.33 bits per heavy atom. The fourth-order valence-electron chi connectivity index (χ4n) is 3.20. The van der Waals surface area contributed by atoms with Gasteiger partial charge in [0.1, 0.15) is 5.82 Å². The molecule has 2 unspecified atom stereocenters. The molecule has 0 amide bonds. The predicted octanol–water partition coefficient (Wildman–Crippen LogP) is 4.51. The molecule has 2 nitrogen and oxygen atoms in total. The SMILES string of the molecule is CCCNC(C)c1c(F)cccc1N1CCCC(C)CC1. The molecule has 3 heteroatoms. The van der Waals surface area contributed by atoms with Crippen molar-refractivity contribution < 1.29 is 4.39 Å². The molecule has 2 rings (SSSR count). The van der Waals surface area contributed by atoms with E-state index in [4.69, 9.17) is 0 Å². The molecular weight excluding hydrogens is 263 g/mol. The first-order valence-corrected chi connectivity index (χ1v) is 8.40. The van der Waals surface area contributed by atoms with Crippen molar-refractivity contribution in [2.75, 3.05) is 24.5 Å². The molecule has 1 aliphatic rings. The van der Waals surface area contributed by atoms with Gasteiger partial charge in [-0.05, 0) is 57.2 Å². The fraction of sp³-hybridized carbons (Fsp3) is 0.667. The van der Waals surface area contributed by atoms with Crippen LogP contribution in [0.25, 0.3) is 0 Å². The van der Waals surface area contributed by atoms with Crippen molar-refractivity contribution in [1.29, 1.82) is 0 Å². The number of nitrogens with one attached hydrogen (secondary N) is 1. The summed E-state index contributed by atoms with van der Waals surface area (Å²) < 4.78 is 14.4. The first-order chi connectivity index (χ1) is 10.1. The number of rotatable bonds is 5. The highest BCUT2D eigenvalue weighted by Gasteiger charge is 2.21. The lowest BCUT2D eigenvalue weighted by Crippen LogP contribution is -2.28. The summed E-state index contributed by atoms with van der Waals surface area (Å²) in [6.07, 6.45) is 4.75. The monoisotopic (exact) mass is 292 g/mol. The first-order valence-electron chi connectivity index (χ1n) is 8.40. The van der Waals surface area contributed by atoms with Gasteiger partial charge in [-0.3, -0.25) is 0 Å². The van der Waals surface area contributed by atoms with Crippen LogP contribution in [0.5, 0.6) is 0 Å². The Kier molecular flexibility index (Phi) is 6.04. The van der Waals surface area contributed by atoms with E-state index in [0.29, 0.717) is 0 Å². The van der Waals surface area contributed by atoms with Gasteiger partial charge in [-0.2, -0.15) is 0 Å². The second kappa shape index (κ2) is 7.79. The van der Waals surface area contributed by atoms with Crippen LogP contribution in [0, 0.1) is 11.7 Å². The van der Waals surface area contributed by atoms with Crippen LogP contribution in [0.1, 0.15) is 58.1 Å². The number of benzene rings is 1. The zero-order chi connectivity index (χ0) is 15.2. The summed E-state index contributed by atoms with van der Waals surface area (Å²) >= 11 is 0. The molecule has 0 spiro atoms. The summed E-state index contributed by atoms with van der Waals surface area (Å²) in [7, 11) is 0. The summed E-state index contributed by atoms with van der Waals surface area (Å²) in [6, 6.07) is 5.57. The Morgan fingerprint density at radius 3 is 2.90 bits per heavy atom. The highest BCUT2D eigenvalue weighted by molar-refractivity contribution is 5.55. The largest absolute Gasteiger partial charge is 0.371 e. The van der Waals surface area contributed by atoms with Gasteiger partial charge in [-0.1, -0.05) is 19.9 Å². The van der Waals surface area contributed by atoms with Crippen molar-refractivity contribution in [3.63, 3.8) is 0 Å². The van der Waals surface area contributed by atoms with Crippen molar-refractivity contribution >= 4 is 5.69 Å². The highest BCUT2D eigenvalue weighted by atomic mass is 19.1. The topological polar surface area (TPSA) is 15.3 Å². The van der Waals surface area contributed by atoms with Crippen LogP contribution < -0.4 is 10.2 Å². The average Bonchev–Trinajstić information content (AvgIpc) is 2.69. The molecule has 1 aliphatic heterocycles. The molecule has 0 saturated carbocycles. The highest BCUT2D eigenvalue weighted by Crippen LogP contribution is 2.31. The first kappa shape index (κ1) is 16.3. The lowest BCUT2D eigenvalue weighted by Gasteiger charge is -2.28. The Hall–Kier alpha value is -1.09. The van der Waals surface area contributed by atoms with Gasteiger partial charge in [0.2, 0.25) is 0 Å². The van der Waals surface area contributed by atoms with E-state index in [9.17, 15) is 4.39 Å². The summed E-state index contributed by atoms with van der Waals surface area (Å²) in [5, 5.41) is 3.43. The Balaban J connectivity index is 2.23. The second-order valence-electron chi connectivity index (χ2n) is 6.37. The second-order valence-corrected chi connectivity index (χ2v) is 6.37. The molecule has 2 atom stereocenters. The molecule has 1 aromatic carbocycles. The summed E-state index contributed by atoms with van der Waals surface area (Å²) in [5.41, 5.74) is 1.92. The molecule has 1 aromatic rings. The number of hydrogen-bond acceptors (Lipinski definition) is 2. The van der Waals surface area contributed by atoms with Crippen molar-refractivity contribution in [3.8, 4) is 0 Å². The molecule has 1 N–H and O–H groups in total. The van der Waals surface area contributed by atoms with Crippen LogP contribution in [0.2, 0.25) is 0 Å². The lowest BCUT2D eigenvalue weighted by molar-refractivity contribution is 0.519. The maximum atomic E-state index is 14.4. The molecule has 1 heterocycles. The van der Waals surface area contributed by atoms with E-state index in [1.807, 2.05) is 6.07 Å². The van der Waals surface area contributed by atoms with Crippen LogP contribution in [0.4, 0.5) is 10.1 Å². The number of halogens is 1. The van der Waals surface area contributed by atoms with Gasteiger partial charge in [0, 0.05) is 30.4 Å². The third kappa shape index (κ3) is 4.19. The zero-order valence-corrected chi connectivity index (χ0v) is 13.7. The van der Waals surface area contributed by atoms with Crippen LogP contribution in [0.3, 0.4) is 0 Å². The predicted molar refractivity (Wildman–Crippen MR) is 88.3 cm³/mol. The molecule has 1 saturated heterocycles. The molecule has 21 heavy (non-hydrogen) atoms. The number of nitrogens with zero attached hydrogens (tertiary/aromatic N) is 1. The Labute approximate surface area is 128 Å². The smallest absolute Gasteiger partial charge is 0.130 e. The summed E-state index contributed by atoms with van der Waals surface area (Å²) in [5.74, 6) is 0.698. The van der Waals surface area contributed by atoms with Crippen LogP contribution in [-0.2, 0) is 0 Å². The average molecular weight is 292 g/mol. The lowest BCUT2D eigenvalue weighted by atomic mass is 10.0. The maximum Gasteiger partial charge on any atom is 0.130 e. The van der Waals surface area contributed by atoms with E-state index < -0.39 is 0 Å². The van der Waals surface area contributed by atoms with Gasteiger partial charge in [0.15, 0.2) is 0 Å². The molecule has 1 fully saturated rings. The molecule has 0 aromatic heterocycles. The van der Waals surface area contributed by atoms with E-state index in [0.717, 1.165) is 43.2 Å². The molecule has 0 bridgehead atoms. The summed E-state index contributed by atoms with van der Waals surface area (Å²) in [6.45, 7) is 9.53. The van der Waals surface area contributed by atoms with E-state index in [2.05, 4.69) is 37.1 Å². The van der Waals surface area contributed by atoms with Gasteiger partial charge in [-0.25, -0.2) is 4.39 Å². The molecule has 0 aliphatic carbocycles. The normalized spacial score (nSPS) is 21.1. The summed E-state index contributed by atoms with van der Waals surface area (Å²) in [4.78, 5) is 2.38. The van der Waals surface area contributed by atoms with E-state index >= 15 is 0 Å². The van der Waals surface area contributed by atoms with E-state index in [1.165, 1.54) is 19.3 Å². The van der Waals surface area contributed by atoms with Crippen LogP contribution in [-0.4, -0.2) is 19.6 Å². The van der Waals surface area contributed by atoms with Crippen molar-refractivity contribution in [2.24, 2.45) is 5.92 Å². The minimum atomic E-state index is -0.0825. The van der Waals surface area contributed by atoms with Crippen molar-refractivity contribution in [2.45, 2.75) is 52.5 Å². The molecule has 118 valence electrons. The zero-order valence-electron chi connectivity index (χ0n) is 13.7.